The summed E-state index contributed by atoms with van der Waals surface area (Å²) >= 11 is 5.92. The van der Waals surface area contributed by atoms with Gasteiger partial charge >= 0.3 is 6.18 Å². The molecule has 3 nitrogen and oxygen atoms in total. The fourth-order valence-electron chi connectivity index (χ4n) is 2.08. The molecular weight excluding hydrogens is 307 g/mol. The molecule has 0 spiro atoms. The first-order valence-corrected chi connectivity index (χ1v) is 6.90. The molecule has 1 aliphatic rings. The molecule has 0 bridgehead atoms. The maximum absolute atomic E-state index is 11.9. The minimum Gasteiger partial charge on any atom is -0.372 e. The van der Waals surface area contributed by atoms with Crippen molar-refractivity contribution in [2.75, 3.05) is 13.2 Å². The van der Waals surface area contributed by atoms with Gasteiger partial charge in [-0.25, -0.2) is 0 Å². The van der Waals surface area contributed by atoms with Crippen LogP contribution in [0.25, 0.3) is 0 Å². The molecule has 0 saturated heterocycles. The van der Waals surface area contributed by atoms with Gasteiger partial charge < -0.3 is 10.1 Å². The summed E-state index contributed by atoms with van der Waals surface area (Å²) in [6, 6.07) is 7.21. The summed E-state index contributed by atoms with van der Waals surface area (Å²) in [6.07, 6.45) is -2.88. The van der Waals surface area contributed by atoms with E-state index in [1.165, 1.54) is 0 Å². The van der Waals surface area contributed by atoms with Crippen LogP contribution in [0.3, 0.4) is 0 Å². The quantitative estimate of drug-likeness (QED) is 0.815. The molecule has 1 fully saturated rings. The molecule has 0 atom stereocenters. The third-order valence-corrected chi connectivity index (χ3v) is 3.48. The number of hydrogen-bond donors (Lipinski definition) is 1. The molecule has 0 unspecified atom stereocenters. The van der Waals surface area contributed by atoms with Crippen LogP contribution in [0.15, 0.2) is 24.3 Å². The van der Waals surface area contributed by atoms with Gasteiger partial charge in [-0.3, -0.25) is 4.79 Å². The number of alkyl halides is 3. The second-order valence-electron chi connectivity index (χ2n) is 5.06. The first-order valence-electron chi connectivity index (χ1n) is 6.52. The number of ether oxygens (including phenoxy) is 1. The van der Waals surface area contributed by atoms with Gasteiger partial charge in [-0.2, -0.15) is 13.2 Å². The molecule has 0 aromatic heterocycles. The summed E-state index contributed by atoms with van der Waals surface area (Å²) in [7, 11) is 0. The van der Waals surface area contributed by atoms with E-state index < -0.39 is 18.3 Å². The topological polar surface area (TPSA) is 38.3 Å². The smallest absolute Gasteiger partial charge is 0.372 e. The number of carbonyl (C=O) groups is 1. The molecular formula is C14H15ClF3NO2. The first-order chi connectivity index (χ1) is 9.81. The average Bonchev–Trinajstić information content (AvgIpc) is 3.14. The zero-order valence-electron chi connectivity index (χ0n) is 11.2. The van der Waals surface area contributed by atoms with Gasteiger partial charge in [0.15, 0.2) is 0 Å². The lowest BCUT2D eigenvalue weighted by Gasteiger charge is -2.18. The minimum atomic E-state index is -4.37. The van der Waals surface area contributed by atoms with Crippen LogP contribution < -0.4 is 5.32 Å². The van der Waals surface area contributed by atoms with Crippen LogP contribution in [0.1, 0.15) is 24.8 Å². The van der Waals surface area contributed by atoms with E-state index in [0.29, 0.717) is 5.02 Å². The van der Waals surface area contributed by atoms with Gasteiger partial charge in [0.2, 0.25) is 5.91 Å². The standard InChI is InChI=1S/C14H15ClF3NO2/c15-11-3-1-2-10(8-11)13(5-6-13)19-12(20)4-7-21-9-14(16,17)18/h1-3,8H,4-7,9H2,(H,19,20). The summed E-state index contributed by atoms with van der Waals surface area (Å²) in [4.78, 5) is 11.8. The molecule has 0 heterocycles. The van der Waals surface area contributed by atoms with Crippen LogP contribution in [-0.2, 0) is 15.1 Å². The van der Waals surface area contributed by atoms with Crippen LogP contribution in [-0.4, -0.2) is 25.3 Å². The Kier molecular flexibility index (Phi) is 4.78. The van der Waals surface area contributed by atoms with Crippen molar-refractivity contribution in [3.05, 3.63) is 34.9 Å². The first kappa shape index (κ1) is 16.1. The molecule has 1 aromatic carbocycles. The van der Waals surface area contributed by atoms with E-state index in [4.69, 9.17) is 11.6 Å². The summed E-state index contributed by atoms with van der Waals surface area (Å²) in [5.74, 6) is -0.324. The molecule has 2 rings (SSSR count). The van der Waals surface area contributed by atoms with Gasteiger partial charge in [0, 0.05) is 11.4 Å². The van der Waals surface area contributed by atoms with E-state index in [0.717, 1.165) is 18.4 Å². The Labute approximate surface area is 125 Å². The van der Waals surface area contributed by atoms with Crippen LogP contribution in [0.2, 0.25) is 5.02 Å². The Morgan fingerprint density at radius 2 is 2.10 bits per heavy atom. The highest BCUT2D eigenvalue weighted by atomic mass is 35.5. The van der Waals surface area contributed by atoms with Crippen molar-refractivity contribution in [1.29, 1.82) is 0 Å². The van der Waals surface area contributed by atoms with Gasteiger partial charge in [0.1, 0.15) is 6.61 Å². The van der Waals surface area contributed by atoms with Crippen molar-refractivity contribution >= 4 is 17.5 Å². The largest absolute Gasteiger partial charge is 0.411 e. The maximum Gasteiger partial charge on any atom is 0.411 e. The third-order valence-electron chi connectivity index (χ3n) is 3.25. The van der Waals surface area contributed by atoms with E-state index in [9.17, 15) is 18.0 Å². The third kappa shape index (κ3) is 4.89. The van der Waals surface area contributed by atoms with Crippen LogP contribution in [0.5, 0.6) is 0 Å². The van der Waals surface area contributed by atoms with Crippen molar-refractivity contribution in [3.8, 4) is 0 Å². The van der Waals surface area contributed by atoms with Gasteiger partial charge in [-0.15, -0.1) is 0 Å². The summed E-state index contributed by atoms with van der Waals surface area (Å²) < 4.78 is 40.1. The number of rotatable bonds is 6. The highest BCUT2D eigenvalue weighted by molar-refractivity contribution is 6.30. The van der Waals surface area contributed by atoms with E-state index in [2.05, 4.69) is 10.1 Å². The number of halogens is 4. The molecule has 21 heavy (non-hydrogen) atoms. The number of carbonyl (C=O) groups excluding carboxylic acids is 1. The van der Waals surface area contributed by atoms with Gasteiger partial charge in [0.05, 0.1) is 12.1 Å². The molecule has 7 heteroatoms. The Morgan fingerprint density at radius 3 is 2.67 bits per heavy atom. The Bertz CT molecular complexity index is 515. The van der Waals surface area contributed by atoms with Crippen molar-refractivity contribution in [2.24, 2.45) is 0 Å². The van der Waals surface area contributed by atoms with Crippen LogP contribution >= 0.6 is 11.6 Å². The normalized spacial score (nSPS) is 16.6. The number of nitrogens with one attached hydrogen (secondary N) is 1. The summed E-state index contributed by atoms with van der Waals surface area (Å²) in [5, 5.41) is 3.43. The van der Waals surface area contributed by atoms with E-state index in [1.807, 2.05) is 6.07 Å². The van der Waals surface area contributed by atoms with Crippen molar-refractivity contribution in [1.82, 2.24) is 5.32 Å². The molecule has 1 aromatic rings. The number of hydrogen-bond acceptors (Lipinski definition) is 2. The minimum absolute atomic E-state index is 0.0988. The predicted octanol–water partition coefficient (Wildman–Crippen LogP) is 3.41. The Hall–Kier alpha value is -1.27. The molecule has 0 aliphatic heterocycles. The molecule has 1 saturated carbocycles. The summed E-state index contributed by atoms with van der Waals surface area (Å²) in [5.41, 5.74) is 0.492. The van der Waals surface area contributed by atoms with Crippen LogP contribution in [0, 0.1) is 0 Å². The van der Waals surface area contributed by atoms with E-state index in [1.54, 1.807) is 18.2 Å². The SMILES string of the molecule is O=C(CCOCC(F)(F)F)NC1(c2cccc(Cl)c2)CC1. The highest BCUT2D eigenvalue weighted by Gasteiger charge is 2.45. The number of amides is 1. The fourth-order valence-corrected chi connectivity index (χ4v) is 2.27. The Balaban J connectivity index is 1.80. The lowest BCUT2D eigenvalue weighted by molar-refractivity contribution is -0.174. The van der Waals surface area contributed by atoms with Crippen molar-refractivity contribution in [2.45, 2.75) is 31.0 Å². The summed E-state index contributed by atoms with van der Waals surface area (Å²) in [6.45, 7) is -1.59. The second-order valence-corrected chi connectivity index (χ2v) is 5.49. The van der Waals surface area contributed by atoms with Crippen molar-refractivity contribution < 1.29 is 22.7 Å². The lowest BCUT2D eigenvalue weighted by Crippen LogP contribution is -2.35. The molecule has 116 valence electrons. The van der Waals surface area contributed by atoms with Crippen LogP contribution in [0.4, 0.5) is 13.2 Å². The Morgan fingerprint density at radius 1 is 1.38 bits per heavy atom. The zero-order chi connectivity index (χ0) is 15.5. The average molecular weight is 322 g/mol. The fraction of sp³-hybridized carbons (Fsp3) is 0.500. The molecule has 1 amide bonds. The van der Waals surface area contributed by atoms with E-state index >= 15 is 0 Å². The zero-order valence-corrected chi connectivity index (χ0v) is 11.9. The highest BCUT2D eigenvalue weighted by Crippen LogP contribution is 2.46. The monoisotopic (exact) mass is 321 g/mol. The van der Waals surface area contributed by atoms with Gasteiger partial charge in [0.25, 0.3) is 0 Å². The van der Waals surface area contributed by atoms with Crippen molar-refractivity contribution in [3.63, 3.8) is 0 Å². The predicted molar refractivity (Wildman–Crippen MR) is 72.0 cm³/mol. The van der Waals surface area contributed by atoms with Gasteiger partial charge in [-0.1, -0.05) is 23.7 Å². The molecule has 0 radical (unpaired) electrons. The van der Waals surface area contributed by atoms with E-state index in [-0.39, 0.29) is 18.9 Å². The lowest BCUT2D eigenvalue weighted by atomic mass is 10.0. The molecule has 1 aliphatic carbocycles. The molecule has 1 N–H and O–H groups in total. The maximum atomic E-state index is 11.9. The van der Waals surface area contributed by atoms with Gasteiger partial charge in [-0.05, 0) is 30.5 Å². The second kappa shape index (κ2) is 6.23. The number of benzene rings is 1.